The number of benzene rings is 2. The highest BCUT2D eigenvalue weighted by Gasteiger charge is 2.20. The second-order valence-electron chi connectivity index (χ2n) is 6.30. The number of nitrogens with two attached hydrogens (primary N) is 1. The summed E-state index contributed by atoms with van der Waals surface area (Å²) in [5.41, 5.74) is 8.39. The van der Waals surface area contributed by atoms with E-state index in [0.29, 0.717) is 27.8 Å². The van der Waals surface area contributed by atoms with Gasteiger partial charge in [-0.3, -0.25) is 4.79 Å². The SMILES string of the molecule is COc1c(N(C)C(=O)CN)ccc(Cl)c1COc1cccc2ccc(C)nc12. The molecule has 2 N–H and O–H groups in total. The molecule has 0 unspecified atom stereocenters. The average Bonchev–Trinajstić information content (AvgIpc) is 2.71. The van der Waals surface area contributed by atoms with Gasteiger partial charge >= 0.3 is 0 Å². The zero-order chi connectivity index (χ0) is 20.3. The number of rotatable bonds is 6. The van der Waals surface area contributed by atoms with E-state index in [2.05, 4.69) is 4.98 Å². The predicted octanol–water partition coefficient (Wildman–Crippen LogP) is 3.71. The maximum atomic E-state index is 12.0. The number of aromatic nitrogens is 1. The van der Waals surface area contributed by atoms with Crippen LogP contribution in [0, 0.1) is 6.92 Å². The Labute approximate surface area is 168 Å². The summed E-state index contributed by atoms with van der Waals surface area (Å²) in [5.74, 6) is 0.888. The summed E-state index contributed by atoms with van der Waals surface area (Å²) in [7, 11) is 3.17. The van der Waals surface area contributed by atoms with E-state index in [-0.39, 0.29) is 19.1 Å². The second kappa shape index (κ2) is 8.46. The number of anilines is 1. The number of likely N-dealkylation sites (N-methyl/N-ethyl adjacent to an activating group) is 1. The molecular weight excluding hydrogens is 378 g/mol. The standard InChI is InChI=1S/C21H22ClN3O3/c1-13-7-8-14-5-4-6-18(20(14)24-13)28-12-15-16(22)9-10-17(21(15)27-3)25(2)19(26)11-23/h4-10H,11-12,23H2,1-3H3. The van der Waals surface area contributed by atoms with Crippen LogP contribution in [0.2, 0.25) is 5.02 Å². The molecule has 0 spiro atoms. The van der Waals surface area contributed by atoms with Crippen LogP contribution in [0.3, 0.4) is 0 Å². The quantitative estimate of drug-likeness (QED) is 0.683. The number of nitrogens with zero attached hydrogens (tertiary/aromatic N) is 2. The summed E-state index contributed by atoms with van der Waals surface area (Å²) in [4.78, 5) is 18.0. The van der Waals surface area contributed by atoms with Crippen molar-refractivity contribution in [2.24, 2.45) is 5.73 Å². The number of ether oxygens (including phenoxy) is 2. The number of hydrogen-bond acceptors (Lipinski definition) is 5. The van der Waals surface area contributed by atoms with Gasteiger partial charge in [0.25, 0.3) is 0 Å². The van der Waals surface area contributed by atoms with Crippen molar-refractivity contribution in [3.05, 3.63) is 58.7 Å². The fraction of sp³-hybridized carbons (Fsp3) is 0.238. The summed E-state index contributed by atoms with van der Waals surface area (Å²) in [6, 6.07) is 13.2. The molecule has 1 aromatic heterocycles. The summed E-state index contributed by atoms with van der Waals surface area (Å²) >= 11 is 6.40. The first-order chi connectivity index (χ1) is 13.5. The number of fused-ring (bicyclic) bond motifs is 1. The molecule has 0 radical (unpaired) electrons. The number of amides is 1. The lowest BCUT2D eigenvalue weighted by Gasteiger charge is -2.22. The molecule has 0 aliphatic heterocycles. The van der Waals surface area contributed by atoms with E-state index in [4.69, 9.17) is 26.8 Å². The Kier molecular flexibility index (Phi) is 6.02. The molecule has 0 aliphatic rings. The van der Waals surface area contributed by atoms with Crippen LogP contribution < -0.4 is 20.1 Å². The molecule has 0 saturated heterocycles. The molecule has 7 heteroatoms. The van der Waals surface area contributed by atoms with Gasteiger partial charge in [-0.15, -0.1) is 0 Å². The zero-order valence-electron chi connectivity index (χ0n) is 16.0. The largest absolute Gasteiger partial charge is 0.494 e. The van der Waals surface area contributed by atoms with Crippen LogP contribution >= 0.6 is 11.6 Å². The molecule has 6 nitrogen and oxygen atoms in total. The second-order valence-corrected chi connectivity index (χ2v) is 6.71. The van der Waals surface area contributed by atoms with Crippen molar-refractivity contribution < 1.29 is 14.3 Å². The van der Waals surface area contributed by atoms with E-state index < -0.39 is 0 Å². The van der Waals surface area contributed by atoms with E-state index in [1.807, 2.05) is 37.3 Å². The summed E-state index contributed by atoms with van der Waals surface area (Å²) in [5, 5.41) is 1.47. The molecule has 2 aromatic carbocycles. The van der Waals surface area contributed by atoms with Crippen LogP contribution in [0.25, 0.3) is 10.9 Å². The number of hydrogen-bond donors (Lipinski definition) is 1. The number of para-hydroxylation sites is 1. The van der Waals surface area contributed by atoms with Crippen LogP contribution in [0.5, 0.6) is 11.5 Å². The van der Waals surface area contributed by atoms with E-state index >= 15 is 0 Å². The first-order valence-corrected chi connectivity index (χ1v) is 9.15. The van der Waals surface area contributed by atoms with Crippen molar-refractivity contribution in [2.75, 3.05) is 25.6 Å². The molecule has 146 valence electrons. The summed E-state index contributed by atoms with van der Waals surface area (Å²) in [6.07, 6.45) is 0. The summed E-state index contributed by atoms with van der Waals surface area (Å²) in [6.45, 7) is 1.99. The minimum Gasteiger partial charge on any atom is -0.494 e. The van der Waals surface area contributed by atoms with Gasteiger partial charge in [-0.2, -0.15) is 0 Å². The Bertz CT molecular complexity index is 1020. The van der Waals surface area contributed by atoms with Crippen molar-refractivity contribution in [1.82, 2.24) is 4.98 Å². The van der Waals surface area contributed by atoms with E-state index in [1.165, 1.54) is 12.0 Å². The first-order valence-electron chi connectivity index (χ1n) is 8.77. The van der Waals surface area contributed by atoms with Gasteiger partial charge in [-0.1, -0.05) is 29.8 Å². The fourth-order valence-corrected chi connectivity index (χ4v) is 3.18. The lowest BCUT2D eigenvalue weighted by molar-refractivity contribution is -0.117. The number of pyridine rings is 1. The third-order valence-corrected chi connectivity index (χ3v) is 4.85. The lowest BCUT2D eigenvalue weighted by atomic mass is 10.1. The van der Waals surface area contributed by atoms with Gasteiger partial charge in [0.05, 0.1) is 29.9 Å². The molecule has 1 amide bonds. The molecular formula is C21H22ClN3O3. The fourth-order valence-electron chi connectivity index (χ4n) is 2.97. The van der Waals surface area contributed by atoms with Crippen molar-refractivity contribution >= 4 is 34.1 Å². The van der Waals surface area contributed by atoms with E-state index in [9.17, 15) is 4.79 Å². The zero-order valence-corrected chi connectivity index (χ0v) is 16.8. The monoisotopic (exact) mass is 399 g/mol. The number of aryl methyl sites for hydroxylation is 1. The molecule has 0 fully saturated rings. The van der Waals surface area contributed by atoms with Crippen LogP contribution in [0.1, 0.15) is 11.3 Å². The maximum absolute atomic E-state index is 12.0. The van der Waals surface area contributed by atoms with E-state index in [0.717, 1.165) is 16.6 Å². The third-order valence-electron chi connectivity index (χ3n) is 4.49. The highest BCUT2D eigenvalue weighted by atomic mass is 35.5. The number of methoxy groups -OCH3 is 1. The van der Waals surface area contributed by atoms with Crippen LogP contribution in [0.4, 0.5) is 5.69 Å². The average molecular weight is 400 g/mol. The van der Waals surface area contributed by atoms with Crippen LogP contribution in [-0.4, -0.2) is 31.6 Å². The summed E-state index contributed by atoms with van der Waals surface area (Å²) < 4.78 is 11.6. The molecule has 28 heavy (non-hydrogen) atoms. The molecule has 0 aliphatic carbocycles. The van der Waals surface area contributed by atoms with E-state index in [1.54, 1.807) is 19.2 Å². The molecule has 1 heterocycles. The normalized spacial score (nSPS) is 10.8. The van der Waals surface area contributed by atoms with Crippen molar-refractivity contribution in [1.29, 1.82) is 0 Å². The number of carbonyl (C=O) groups excluding carboxylic acids is 1. The molecule has 0 bridgehead atoms. The van der Waals surface area contributed by atoms with Crippen LogP contribution in [-0.2, 0) is 11.4 Å². The predicted molar refractivity (Wildman–Crippen MR) is 111 cm³/mol. The van der Waals surface area contributed by atoms with Gasteiger partial charge in [-0.05, 0) is 31.2 Å². The Morgan fingerprint density at radius 1 is 1.21 bits per heavy atom. The Hall–Kier alpha value is -2.83. The number of halogens is 1. The van der Waals surface area contributed by atoms with Gasteiger partial charge < -0.3 is 20.1 Å². The molecule has 3 aromatic rings. The minimum absolute atomic E-state index is 0.102. The van der Waals surface area contributed by atoms with Crippen molar-refractivity contribution in [3.8, 4) is 11.5 Å². The van der Waals surface area contributed by atoms with Crippen molar-refractivity contribution in [2.45, 2.75) is 13.5 Å². The van der Waals surface area contributed by atoms with Gasteiger partial charge in [0.15, 0.2) is 5.75 Å². The Balaban J connectivity index is 1.97. The van der Waals surface area contributed by atoms with Gasteiger partial charge in [0.1, 0.15) is 17.9 Å². The highest BCUT2D eigenvalue weighted by Crippen LogP contribution is 2.37. The first kappa shape index (κ1) is 19.9. The van der Waals surface area contributed by atoms with Crippen molar-refractivity contribution in [3.63, 3.8) is 0 Å². The van der Waals surface area contributed by atoms with Gasteiger partial charge in [-0.25, -0.2) is 4.98 Å². The molecule has 0 atom stereocenters. The van der Waals surface area contributed by atoms with Crippen LogP contribution in [0.15, 0.2) is 42.5 Å². The minimum atomic E-state index is -0.235. The number of carbonyl (C=O) groups is 1. The maximum Gasteiger partial charge on any atom is 0.240 e. The topological polar surface area (TPSA) is 77.7 Å². The molecule has 3 rings (SSSR count). The smallest absolute Gasteiger partial charge is 0.240 e. The lowest BCUT2D eigenvalue weighted by Crippen LogP contribution is -2.32. The Morgan fingerprint density at radius 3 is 2.71 bits per heavy atom. The Morgan fingerprint density at radius 2 is 2.00 bits per heavy atom. The third kappa shape index (κ3) is 3.88. The molecule has 0 saturated carbocycles. The highest BCUT2D eigenvalue weighted by molar-refractivity contribution is 6.31. The van der Waals surface area contributed by atoms with Gasteiger partial charge in [0.2, 0.25) is 5.91 Å². The van der Waals surface area contributed by atoms with Gasteiger partial charge in [0, 0.05) is 18.1 Å².